The van der Waals surface area contributed by atoms with Crippen molar-refractivity contribution in [3.63, 3.8) is 0 Å². The van der Waals surface area contributed by atoms with Gasteiger partial charge in [-0.15, -0.1) is 0 Å². The summed E-state index contributed by atoms with van der Waals surface area (Å²) >= 11 is 0. The Morgan fingerprint density at radius 2 is 1.39 bits per heavy atom. The summed E-state index contributed by atoms with van der Waals surface area (Å²) in [6, 6.07) is 0. The second kappa shape index (κ2) is 17.2. The topological polar surface area (TPSA) is 49.4 Å². The lowest BCUT2D eigenvalue weighted by Gasteiger charge is -2.29. The average Bonchev–Trinajstić information content (AvgIpc) is 3.31. The van der Waals surface area contributed by atoms with Gasteiger partial charge in [0.25, 0.3) is 0 Å². The van der Waals surface area contributed by atoms with Crippen LogP contribution in [0.5, 0.6) is 0 Å². The summed E-state index contributed by atoms with van der Waals surface area (Å²) in [6.07, 6.45) is 30.3. The zero-order chi connectivity index (χ0) is 24.4. The van der Waals surface area contributed by atoms with Crippen LogP contribution in [0.3, 0.4) is 0 Å². The minimum absolute atomic E-state index is 0.0557. The van der Waals surface area contributed by atoms with Crippen LogP contribution in [0.25, 0.3) is 0 Å². The second-order valence-electron chi connectivity index (χ2n) is 9.23. The van der Waals surface area contributed by atoms with Crippen LogP contribution >= 0.6 is 0 Å². The van der Waals surface area contributed by atoms with Gasteiger partial charge in [0.2, 0.25) is 11.8 Å². The SMILES string of the molecule is CC/C=C\C/C=C\C/C=C\C/C=C\C/C=C\CCCC(=O)N1CC[C@@H](C(C)(C)C(=O)NC)C1. The number of carbonyl (C=O) groups is 2. The molecule has 0 radical (unpaired) electrons. The van der Waals surface area contributed by atoms with Crippen molar-refractivity contribution in [2.45, 2.75) is 78.6 Å². The Labute approximate surface area is 202 Å². The molecule has 184 valence electrons. The van der Waals surface area contributed by atoms with Gasteiger partial charge in [0.05, 0.1) is 0 Å². The monoisotopic (exact) mass is 454 g/mol. The molecule has 1 heterocycles. The molecule has 0 saturated carbocycles. The third-order valence-corrected chi connectivity index (χ3v) is 6.29. The molecule has 1 atom stereocenters. The third-order valence-electron chi connectivity index (χ3n) is 6.29. The van der Waals surface area contributed by atoms with Gasteiger partial charge in [-0.2, -0.15) is 0 Å². The maximum Gasteiger partial charge on any atom is 0.225 e. The van der Waals surface area contributed by atoms with E-state index in [0.29, 0.717) is 13.0 Å². The molecule has 0 aromatic rings. The van der Waals surface area contributed by atoms with E-state index in [9.17, 15) is 9.59 Å². The first-order valence-corrected chi connectivity index (χ1v) is 12.7. The van der Waals surface area contributed by atoms with Gasteiger partial charge < -0.3 is 10.2 Å². The summed E-state index contributed by atoms with van der Waals surface area (Å²) in [7, 11) is 1.68. The lowest BCUT2D eigenvalue weighted by atomic mass is 9.77. The minimum atomic E-state index is -0.432. The number of hydrogen-bond donors (Lipinski definition) is 1. The summed E-state index contributed by atoms with van der Waals surface area (Å²) in [6.45, 7) is 7.57. The predicted molar refractivity (Wildman–Crippen MR) is 141 cm³/mol. The molecule has 1 aliphatic heterocycles. The van der Waals surface area contributed by atoms with Crippen LogP contribution in [0, 0.1) is 11.3 Å². The van der Waals surface area contributed by atoms with Crippen LogP contribution in [0.4, 0.5) is 0 Å². The number of unbranched alkanes of at least 4 members (excludes halogenated alkanes) is 1. The number of allylic oxidation sites excluding steroid dienone is 10. The van der Waals surface area contributed by atoms with Crippen LogP contribution in [0.15, 0.2) is 60.8 Å². The van der Waals surface area contributed by atoms with E-state index < -0.39 is 5.41 Å². The minimum Gasteiger partial charge on any atom is -0.359 e. The first-order chi connectivity index (χ1) is 15.9. The fourth-order valence-electron chi connectivity index (χ4n) is 3.98. The van der Waals surface area contributed by atoms with E-state index in [2.05, 4.69) is 73.0 Å². The van der Waals surface area contributed by atoms with Crippen molar-refractivity contribution in [2.75, 3.05) is 20.1 Å². The predicted octanol–water partition coefficient (Wildman–Crippen LogP) is 6.53. The molecule has 1 N–H and O–H groups in total. The Hall–Kier alpha value is -2.36. The van der Waals surface area contributed by atoms with E-state index in [1.54, 1.807) is 7.05 Å². The number of likely N-dealkylation sites (tertiary alicyclic amines) is 1. The van der Waals surface area contributed by atoms with Gasteiger partial charge in [0.15, 0.2) is 0 Å². The first kappa shape index (κ1) is 28.7. The summed E-state index contributed by atoms with van der Waals surface area (Å²) < 4.78 is 0. The summed E-state index contributed by atoms with van der Waals surface area (Å²) in [5, 5.41) is 2.75. The molecule has 33 heavy (non-hydrogen) atoms. The van der Waals surface area contributed by atoms with E-state index >= 15 is 0 Å². The Kier molecular flexibility index (Phi) is 14.9. The molecular weight excluding hydrogens is 408 g/mol. The summed E-state index contributed by atoms with van der Waals surface area (Å²) in [5.74, 6) is 0.505. The molecule has 1 fully saturated rings. The first-order valence-electron chi connectivity index (χ1n) is 12.7. The Morgan fingerprint density at radius 3 is 1.91 bits per heavy atom. The second-order valence-corrected chi connectivity index (χ2v) is 9.23. The van der Waals surface area contributed by atoms with Crippen molar-refractivity contribution < 1.29 is 9.59 Å². The molecule has 0 aromatic heterocycles. The number of hydrogen-bond acceptors (Lipinski definition) is 2. The van der Waals surface area contributed by atoms with E-state index in [1.165, 1.54) is 0 Å². The molecule has 1 saturated heterocycles. The number of nitrogens with zero attached hydrogens (tertiary/aromatic N) is 1. The normalized spacial score (nSPS) is 17.6. The van der Waals surface area contributed by atoms with Gasteiger partial charge in [0, 0.05) is 32.0 Å². The van der Waals surface area contributed by atoms with E-state index in [-0.39, 0.29) is 17.7 Å². The van der Waals surface area contributed by atoms with Gasteiger partial charge in [-0.25, -0.2) is 0 Å². The lowest BCUT2D eigenvalue weighted by Crippen LogP contribution is -2.41. The van der Waals surface area contributed by atoms with Crippen molar-refractivity contribution in [3.8, 4) is 0 Å². The van der Waals surface area contributed by atoms with Crippen LogP contribution < -0.4 is 5.32 Å². The zero-order valence-electron chi connectivity index (χ0n) is 21.4. The van der Waals surface area contributed by atoms with Crippen LogP contribution in [0.1, 0.15) is 78.6 Å². The van der Waals surface area contributed by atoms with Crippen molar-refractivity contribution in [2.24, 2.45) is 11.3 Å². The van der Waals surface area contributed by atoms with E-state index in [1.807, 2.05) is 18.7 Å². The van der Waals surface area contributed by atoms with Gasteiger partial charge in [0.1, 0.15) is 0 Å². The number of carbonyl (C=O) groups excluding carboxylic acids is 2. The maximum atomic E-state index is 12.5. The highest BCUT2D eigenvalue weighted by Crippen LogP contribution is 2.34. The Morgan fingerprint density at radius 1 is 0.879 bits per heavy atom. The fourth-order valence-corrected chi connectivity index (χ4v) is 3.98. The highest BCUT2D eigenvalue weighted by molar-refractivity contribution is 5.82. The Bertz CT molecular complexity index is 713. The average molecular weight is 455 g/mol. The molecule has 0 unspecified atom stereocenters. The Balaban J connectivity index is 2.11. The van der Waals surface area contributed by atoms with Gasteiger partial charge in [-0.05, 0) is 57.3 Å². The molecule has 2 amide bonds. The molecule has 1 aliphatic rings. The molecule has 0 bridgehead atoms. The van der Waals surface area contributed by atoms with Gasteiger partial charge in [-0.1, -0.05) is 81.5 Å². The molecular formula is C29H46N2O2. The van der Waals surface area contributed by atoms with E-state index in [0.717, 1.165) is 57.9 Å². The number of amides is 2. The van der Waals surface area contributed by atoms with Crippen molar-refractivity contribution in [3.05, 3.63) is 60.8 Å². The van der Waals surface area contributed by atoms with Crippen molar-refractivity contribution >= 4 is 11.8 Å². The zero-order valence-corrected chi connectivity index (χ0v) is 21.4. The molecule has 0 aromatic carbocycles. The molecule has 1 rings (SSSR count). The summed E-state index contributed by atoms with van der Waals surface area (Å²) in [5.41, 5.74) is -0.432. The quantitative estimate of drug-likeness (QED) is 0.226. The fraction of sp³-hybridized carbons (Fsp3) is 0.586. The van der Waals surface area contributed by atoms with Crippen molar-refractivity contribution in [1.82, 2.24) is 10.2 Å². The third kappa shape index (κ3) is 11.9. The van der Waals surface area contributed by atoms with Gasteiger partial charge in [-0.3, -0.25) is 9.59 Å². The van der Waals surface area contributed by atoms with Gasteiger partial charge >= 0.3 is 0 Å². The van der Waals surface area contributed by atoms with Crippen LogP contribution in [-0.2, 0) is 9.59 Å². The van der Waals surface area contributed by atoms with Crippen LogP contribution in [-0.4, -0.2) is 36.9 Å². The smallest absolute Gasteiger partial charge is 0.225 e. The highest BCUT2D eigenvalue weighted by atomic mass is 16.2. The molecule has 4 heteroatoms. The van der Waals surface area contributed by atoms with Crippen LogP contribution in [0.2, 0.25) is 0 Å². The largest absolute Gasteiger partial charge is 0.359 e. The number of rotatable bonds is 15. The van der Waals surface area contributed by atoms with E-state index in [4.69, 9.17) is 0 Å². The van der Waals surface area contributed by atoms with Crippen molar-refractivity contribution in [1.29, 1.82) is 0 Å². The standard InChI is InChI=1S/C29H46N2O2/c1-5-6-7-8-9-10-11-12-13-14-15-16-17-18-19-20-21-22-27(32)31-24-23-26(25-31)29(2,3)28(33)30-4/h6-7,9-10,12-13,15-16,18-19,26H,5,8,11,14,17,20-25H2,1-4H3,(H,30,33)/b7-6-,10-9-,13-12-,16-15-,19-18-/t26-/m1/s1. The molecule has 4 nitrogen and oxygen atoms in total. The summed E-state index contributed by atoms with van der Waals surface area (Å²) in [4.78, 5) is 26.5. The maximum absolute atomic E-state index is 12.5. The molecule has 0 spiro atoms. The number of nitrogens with one attached hydrogen (secondary N) is 1. The lowest BCUT2D eigenvalue weighted by molar-refractivity contribution is -0.134. The highest BCUT2D eigenvalue weighted by Gasteiger charge is 2.40. The molecule has 0 aliphatic carbocycles.